The van der Waals surface area contributed by atoms with Gasteiger partial charge in [-0.25, -0.2) is 0 Å². The summed E-state index contributed by atoms with van der Waals surface area (Å²) in [4.78, 5) is 0. The molecule has 0 fully saturated rings. The zero-order valence-corrected chi connectivity index (χ0v) is 9.73. The molecule has 77 valence electrons. The van der Waals surface area contributed by atoms with Crippen LogP contribution >= 0.6 is 21.6 Å². The molecule has 1 unspecified atom stereocenters. The van der Waals surface area contributed by atoms with E-state index in [1.165, 1.54) is 17.7 Å². The molecule has 4 heteroatoms. The maximum Gasteiger partial charge on any atom is 0.220 e. The van der Waals surface area contributed by atoms with Crippen molar-refractivity contribution in [2.24, 2.45) is 0 Å². The molecular weight excluding hydrogens is 216 g/mol. The zero-order valence-electron chi connectivity index (χ0n) is 8.10. The molecule has 1 atom stereocenters. The summed E-state index contributed by atoms with van der Waals surface area (Å²) in [7, 11) is 2.47. The third-order valence-electron chi connectivity index (χ3n) is 1.52. The maximum atomic E-state index is 9.10. The second-order valence-corrected chi connectivity index (χ2v) is 5.99. The van der Waals surface area contributed by atoms with Gasteiger partial charge in [0.05, 0.1) is 0 Å². The van der Waals surface area contributed by atoms with E-state index in [1.54, 1.807) is 0 Å². The molecule has 0 heterocycles. The van der Waals surface area contributed by atoms with Crippen LogP contribution in [0.2, 0.25) is 0 Å². The van der Waals surface area contributed by atoms with E-state index >= 15 is 0 Å². The van der Waals surface area contributed by atoms with Gasteiger partial charge in [-0.15, -0.1) is 0 Å². The first-order valence-electron chi connectivity index (χ1n) is 4.25. The molecule has 0 aromatic heterocycles. The lowest BCUT2D eigenvalue weighted by Gasteiger charge is -2.17. The van der Waals surface area contributed by atoms with Crippen molar-refractivity contribution in [3.05, 3.63) is 35.9 Å². The zero-order chi connectivity index (χ0) is 10.6. The molecule has 2 nitrogen and oxygen atoms in total. The molecular formula is C10H13O2S2. The van der Waals surface area contributed by atoms with Gasteiger partial charge in [-0.05, 0) is 29.3 Å². The summed E-state index contributed by atoms with van der Waals surface area (Å²) < 4.78 is 0. The fourth-order valence-corrected chi connectivity index (χ4v) is 2.74. The smallest absolute Gasteiger partial charge is 0.220 e. The van der Waals surface area contributed by atoms with Crippen molar-refractivity contribution in [2.75, 3.05) is 0 Å². The van der Waals surface area contributed by atoms with Crippen LogP contribution in [-0.4, -0.2) is 15.3 Å². The van der Waals surface area contributed by atoms with Crippen molar-refractivity contribution in [3.8, 4) is 0 Å². The van der Waals surface area contributed by atoms with Crippen molar-refractivity contribution in [1.29, 1.82) is 0 Å². The largest absolute Gasteiger partial charge is 0.357 e. The van der Waals surface area contributed by atoms with Crippen LogP contribution in [0, 0.1) is 6.07 Å². The van der Waals surface area contributed by atoms with E-state index < -0.39 is 5.12 Å². The van der Waals surface area contributed by atoms with E-state index in [0.717, 1.165) is 16.4 Å². The van der Waals surface area contributed by atoms with Gasteiger partial charge < -0.3 is 10.2 Å². The molecule has 0 spiro atoms. The van der Waals surface area contributed by atoms with Crippen LogP contribution in [0.3, 0.4) is 0 Å². The first-order chi connectivity index (χ1) is 6.49. The summed E-state index contributed by atoms with van der Waals surface area (Å²) >= 11 is 0. The van der Waals surface area contributed by atoms with Crippen LogP contribution in [-0.2, 0) is 0 Å². The second kappa shape index (κ2) is 5.07. The minimum absolute atomic E-state index is 0.194. The molecule has 0 aliphatic heterocycles. The summed E-state index contributed by atoms with van der Waals surface area (Å²) in [6.07, 6.45) is 0. The fourth-order valence-electron chi connectivity index (χ4n) is 0.875. The summed E-state index contributed by atoms with van der Waals surface area (Å²) in [6, 6.07) is 10.8. The van der Waals surface area contributed by atoms with Crippen molar-refractivity contribution in [3.63, 3.8) is 0 Å². The van der Waals surface area contributed by atoms with Gasteiger partial charge in [0, 0.05) is 12.2 Å². The highest BCUT2D eigenvalue weighted by atomic mass is 33.1. The standard InChI is InChI=1S/C10H13O2S2/c1-8(13-14-10(2,11)12)9-6-4-3-5-7-9/h3-6,8,11-12H,1-2H3. The maximum absolute atomic E-state index is 9.10. The van der Waals surface area contributed by atoms with E-state index in [9.17, 15) is 0 Å². The Morgan fingerprint density at radius 3 is 2.64 bits per heavy atom. The number of hydrogen-bond acceptors (Lipinski definition) is 4. The lowest BCUT2D eigenvalue weighted by atomic mass is 10.2. The van der Waals surface area contributed by atoms with Crippen molar-refractivity contribution in [1.82, 2.24) is 0 Å². The number of aliphatic hydroxyl groups is 2. The van der Waals surface area contributed by atoms with Crippen LogP contribution in [0.5, 0.6) is 0 Å². The predicted octanol–water partition coefficient (Wildman–Crippen LogP) is 2.59. The molecule has 0 saturated carbocycles. The summed E-state index contributed by atoms with van der Waals surface area (Å²) in [5, 5.41) is 16.7. The second-order valence-electron chi connectivity index (χ2n) is 3.07. The van der Waals surface area contributed by atoms with Crippen LogP contribution in [0.1, 0.15) is 24.7 Å². The van der Waals surface area contributed by atoms with Gasteiger partial charge in [0.25, 0.3) is 0 Å². The Hall–Kier alpha value is -0.160. The predicted molar refractivity (Wildman–Crippen MR) is 61.7 cm³/mol. The Morgan fingerprint density at radius 1 is 1.43 bits per heavy atom. The molecule has 2 N–H and O–H groups in total. The molecule has 1 rings (SSSR count). The molecule has 1 radical (unpaired) electrons. The molecule has 14 heavy (non-hydrogen) atoms. The van der Waals surface area contributed by atoms with Gasteiger partial charge >= 0.3 is 0 Å². The minimum Gasteiger partial charge on any atom is -0.357 e. The van der Waals surface area contributed by atoms with Crippen LogP contribution < -0.4 is 0 Å². The van der Waals surface area contributed by atoms with Gasteiger partial charge in [0.2, 0.25) is 5.12 Å². The van der Waals surface area contributed by atoms with Gasteiger partial charge in [-0.1, -0.05) is 35.1 Å². The van der Waals surface area contributed by atoms with Crippen molar-refractivity contribution >= 4 is 21.6 Å². The highest BCUT2D eigenvalue weighted by Gasteiger charge is 2.18. The minimum atomic E-state index is -1.67. The Bertz CT molecular complexity index is 269. The van der Waals surface area contributed by atoms with Gasteiger partial charge in [-0.3, -0.25) is 0 Å². The van der Waals surface area contributed by atoms with Gasteiger partial charge in [0.1, 0.15) is 0 Å². The van der Waals surface area contributed by atoms with E-state index in [0.29, 0.717) is 0 Å². The molecule has 1 aromatic carbocycles. The monoisotopic (exact) mass is 229 g/mol. The summed E-state index contributed by atoms with van der Waals surface area (Å²) in [5.41, 5.74) is 1.06. The highest BCUT2D eigenvalue weighted by Crippen LogP contribution is 2.42. The summed E-state index contributed by atoms with van der Waals surface area (Å²) in [6.45, 7) is 3.36. The molecule has 0 aliphatic carbocycles. The van der Waals surface area contributed by atoms with Crippen LogP contribution in [0.25, 0.3) is 0 Å². The molecule has 0 amide bonds. The molecule has 0 aliphatic rings. The Balaban J connectivity index is 2.48. The molecule has 1 aromatic rings. The average molecular weight is 229 g/mol. The topological polar surface area (TPSA) is 40.5 Å². The third kappa shape index (κ3) is 4.37. The van der Waals surface area contributed by atoms with E-state index in [1.807, 2.05) is 31.2 Å². The van der Waals surface area contributed by atoms with E-state index in [2.05, 4.69) is 6.07 Å². The Labute approximate surface area is 92.1 Å². The normalized spacial score (nSPS) is 14.0. The van der Waals surface area contributed by atoms with Gasteiger partial charge in [0.15, 0.2) is 0 Å². The van der Waals surface area contributed by atoms with Crippen molar-refractivity contribution in [2.45, 2.75) is 24.2 Å². The number of rotatable bonds is 4. The third-order valence-corrected chi connectivity index (χ3v) is 4.58. The van der Waals surface area contributed by atoms with Gasteiger partial charge in [-0.2, -0.15) is 0 Å². The quantitative estimate of drug-likeness (QED) is 0.615. The highest BCUT2D eigenvalue weighted by molar-refractivity contribution is 8.77. The summed E-state index contributed by atoms with van der Waals surface area (Å²) in [5.74, 6) is 0. The molecule has 0 bridgehead atoms. The lowest BCUT2D eigenvalue weighted by molar-refractivity contribution is -0.0574. The van der Waals surface area contributed by atoms with Crippen LogP contribution in [0.15, 0.2) is 24.3 Å². The Morgan fingerprint density at radius 2 is 2.14 bits per heavy atom. The van der Waals surface area contributed by atoms with E-state index in [-0.39, 0.29) is 5.25 Å². The lowest BCUT2D eigenvalue weighted by Crippen LogP contribution is -2.15. The number of benzene rings is 1. The fraction of sp³-hybridized carbons (Fsp3) is 0.400. The molecule has 0 saturated heterocycles. The van der Waals surface area contributed by atoms with Crippen molar-refractivity contribution < 1.29 is 10.2 Å². The number of hydrogen-bond donors (Lipinski definition) is 2. The average Bonchev–Trinajstić information content (AvgIpc) is 2.14. The SMILES string of the molecule is CC(SSC(C)(O)O)c1[c]cccc1. The first-order valence-corrected chi connectivity index (χ1v) is 6.46. The van der Waals surface area contributed by atoms with E-state index in [4.69, 9.17) is 10.2 Å². The first kappa shape index (κ1) is 11.9. The Kier molecular flexibility index (Phi) is 4.31. The van der Waals surface area contributed by atoms with Crippen LogP contribution in [0.4, 0.5) is 0 Å².